The number of aryl methyl sites for hydroxylation is 2. The molecule has 0 bridgehead atoms. The molecule has 1 N–H and O–H groups in total. The van der Waals surface area contributed by atoms with Gasteiger partial charge in [-0.2, -0.15) is 0 Å². The van der Waals surface area contributed by atoms with E-state index in [1.165, 1.54) is 37.7 Å². The van der Waals surface area contributed by atoms with E-state index in [-0.39, 0.29) is 0 Å². The number of imidazole rings is 1. The molecule has 96 valence electrons. The van der Waals surface area contributed by atoms with Crippen LogP contribution in [0.2, 0.25) is 0 Å². The van der Waals surface area contributed by atoms with Crippen LogP contribution in [-0.2, 0) is 6.42 Å². The van der Waals surface area contributed by atoms with Crippen LogP contribution in [0, 0.1) is 12.8 Å². The van der Waals surface area contributed by atoms with Gasteiger partial charge in [0.2, 0.25) is 0 Å². The van der Waals surface area contributed by atoms with Crippen molar-refractivity contribution in [3.8, 4) is 0 Å². The summed E-state index contributed by atoms with van der Waals surface area (Å²) in [6, 6.07) is 4.25. The van der Waals surface area contributed by atoms with Crippen molar-refractivity contribution in [2.75, 3.05) is 0 Å². The number of nitrogens with one attached hydrogen (secondary N) is 1. The molecule has 0 radical (unpaired) electrons. The first kappa shape index (κ1) is 12.2. The van der Waals surface area contributed by atoms with Gasteiger partial charge in [0.05, 0.1) is 11.0 Å². The van der Waals surface area contributed by atoms with Gasteiger partial charge in [-0.1, -0.05) is 41.6 Å². The minimum absolute atomic E-state index is 0.936. The van der Waals surface area contributed by atoms with Crippen molar-refractivity contribution in [1.82, 2.24) is 9.97 Å². The SMILES string of the molecule is Cc1cc(Br)cc2[nH]c(CCC3CCCC3)nc12. The summed E-state index contributed by atoms with van der Waals surface area (Å²) >= 11 is 3.54. The Balaban J connectivity index is 1.78. The van der Waals surface area contributed by atoms with Crippen LogP contribution in [0.25, 0.3) is 11.0 Å². The summed E-state index contributed by atoms with van der Waals surface area (Å²) in [7, 11) is 0. The fraction of sp³-hybridized carbons (Fsp3) is 0.533. The zero-order valence-electron chi connectivity index (χ0n) is 10.8. The lowest BCUT2D eigenvalue weighted by atomic mass is 10.0. The van der Waals surface area contributed by atoms with E-state index in [4.69, 9.17) is 4.98 Å². The number of hydrogen-bond acceptors (Lipinski definition) is 1. The van der Waals surface area contributed by atoms with Crippen molar-refractivity contribution in [3.63, 3.8) is 0 Å². The number of halogens is 1. The van der Waals surface area contributed by atoms with E-state index in [0.717, 1.165) is 33.7 Å². The molecule has 1 aromatic carbocycles. The Bertz CT molecular complexity index is 553. The van der Waals surface area contributed by atoms with Crippen molar-refractivity contribution < 1.29 is 0 Å². The molecule has 1 saturated carbocycles. The maximum absolute atomic E-state index is 4.74. The highest BCUT2D eigenvalue weighted by molar-refractivity contribution is 9.10. The van der Waals surface area contributed by atoms with Gasteiger partial charge in [0.25, 0.3) is 0 Å². The average molecular weight is 307 g/mol. The van der Waals surface area contributed by atoms with Gasteiger partial charge in [-0.05, 0) is 37.0 Å². The molecule has 0 amide bonds. The van der Waals surface area contributed by atoms with Crippen LogP contribution >= 0.6 is 15.9 Å². The summed E-state index contributed by atoms with van der Waals surface area (Å²) in [5.74, 6) is 2.09. The van der Waals surface area contributed by atoms with E-state index in [1.54, 1.807) is 0 Å². The predicted octanol–water partition coefficient (Wildman–Crippen LogP) is 4.76. The Kier molecular flexibility index (Phi) is 3.42. The molecule has 0 unspecified atom stereocenters. The highest BCUT2D eigenvalue weighted by Crippen LogP contribution is 2.29. The molecule has 18 heavy (non-hydrogen) atoms. The Morgan fingerprint density at radius 2 is 2.11 bits per heavy atom. The Labute approximate surface area is 116 Å². The fourth-order valence-electron chi connectivity index (χ4n) is 3.06. The zero-order chi connectivity index (χ0) is 12.5. The second kappa shape index (κ2) is 5.04. The topological polar surface area (TPSA) is 28.7 Å². The van der Waals surface area contributed by atoms with Crippen LogP contribution in [0.4, 0.5) is 0 Å². The van der Waals surface area contributed by atoms with E-state index < -0.39 is 0 Å². The maximum Gasteiger partial charge on any atom is 0.107 e. The summed E-state index contributed by atoms with van der Waals surface area (Å²) in [6.07, 6.45) is 8.08. The summed E-state index contributed by atoms with van der Waals surface area (Å²) in [5.41, 5.74) is 3.52. The van der Waals surface area contributed by atoms with Crippen molar-refractivity contribution in [2.24, 2.45) is 5.92 Å². The number of aromatic nitrogens is 2. The third-order valence-electron chi connectivity index (χ3n) is 4.06. The molecule has 0 spiro atoms. The maximum atomic E-state index is 4.74. The van der Waals surface area contributed by atoms with Gasteiger partial charge in [-0.3, -0.25) is 0 Å². The number of hydrogen-bond donors (Lipinski definition) is 1. The molecule has 0 saturated heterocycles. The highest BCUT2D eigenvalue weighted by Gasteiger charge is 2.15. The number of H-pyrrole nitrogens is 1. The number of benzene rings is 1. The van der Waals surface area contributed by atoms with Gasteiger partial charge in [0.1, 0.15) is 5.82 Å². The first-order valence-electron chi connectivity index (χ1n) is 6.87. The predicted molar refractivity (Wildman–Crippen MR) is 78.8 cm³/mol. The van der Waals surface area contributed by atoms with E-state index in [1.807, 2.05) is 0 Å². The largest absolute Gasteiger partial charge is 0.342 e. The molecule has 1 heterocycles. The minimum atomic E-state index is 0.936. The van der Waals surface area contributed by atoms with Gasteiger partial charge in [-0.25, -0.2) is 4.98 Å². The smallest absolute Gasteiger partial charge is 0.107 e. The van der Waals surface area contributed by atoms with Crippen molar-refractivity contribution in [3.05, 3.63) is 28.0 Å². The van der Waals surface area contributed by atoms with Crippen molar-refractivity contribution in [1.29, 1.82) is 0 Å². The number of aromatic amines is 1. The Hall–Kier alpha value is -0.830. The zero-order valence-corrected chi connectivity index (χ0v) is 12.4. The fourth-order valence-corrected chi connectivity index (χ4v) is 3.63. The molecule has 3 rings (SSSR count). The third-order valence-corrected chi connectivity index (χ3v) is 4.51. The molecule has 0 aliphatic heterocycles. The first-order valence-corrected chi connectivity index (χ1v) is 7.66. The lowest BCUT2D eigenvalue weighted by Gasteiger charge is -2.05. The lowest BCUT2D eigenvalue weighted by molar-refractivity contribution is 0.498. The van der Waals surface area contributed by atoms with Crippen LogP contribution in [-0.4, -0.2) is 9.97 Å². The standard InChI is InChI=1S/C15H19BrN2/c1-10-8-12(16)9-13-15(10)18-14(17-13)7-6-11-4-2-3-5-11/h8-9,11H,2-7H2,1H3,(H,17,18). The third kappa shape index (κ3) is 2.46. The first-order chi connectivity index (χ1) is 8.72. The van der Waals surface area contributed by atoms with Gasteiger partial charge < -0.3 is 4.98 Å². The molecular weight excluding hydrogens is 288 g/mol. The molecule has 1 fully saturated rings. The lowest BCUT2D eigenvalue weighted by Crippen LogP contribution is -1.97. The Morgan fingerprint density at radius 1 is 1.33 bits per heavy atom. The van der Waals surface area contributed by atoms with E-state index in [9.17, 15) is 0 Å². The molecule has 1 aliphatic carbocycles. The van der Waals surface area contributed by atoms with Gasteiger partial charge >= 0.3 is 0 Å². The summed E-state index contributed by atoms with van der Waals surface area (Å²) in [5, 5.41) is 0. The molecule has 3 heteroatoms. The van der Waals surface area contributed by atoms with Crippen LogP contribution in [0.15, 0.2) is 16.6 Å². The molecule has 1 aliphatic rings. The second-order valence-electron chi connectivity index (χ2n) is 5.49. The van der Waals surface area contributed by atoms with Gasteiger partial charge in [-0.15, -0.1) is 0 Å². The second-order valence-corrected chi connectivity index (χ2v) is 6.41. The van der Waals surface area contributed by atoms with Crippen LogP contribution in [0.3, 0.4) is 0 Å². The molecule has 2 nitrogen and oxygen atoms in total. The molecule has 1 aromatic heterocycles. The highest BCUT2D eigenvalue weighted by atomic mass is 79.9. The van der Waals surface area contributed by atoms with Gasteiger partial charge in [0, 0.05) is 10.9 Å². The Morgan fingerprint density at radius 3 is 2.89 bits per heavy atom. The number of rotatable bonds is 3. The van der Waals surface area contributed by atoms with Crippen LogP contribution < -0.4 is 0 Å². The summed E-state index contributed by atoms with van der Waals surface area (Å²) < 4.78 is 1.12. The van der Waals surface area contributed by atoms with Crippen LogP contribution in [0.5, 0.6) is 0 Å². The normalized spacial score (nSPS) is 16.8. The number of fused-ring (bicyclic) bond motifs is 1. The summed E-state index contributed by atoms with van der Waals surface area (Å²) in [4.78, 5) is 8.20. The molecular formula is C15H19BrN2. The quantitative estimate of drug-likeness (QED) is 0.870. The minimum Gasteiger partial charge on any atom is -0.342 e. The van der Waals surface area contributed by atoms with Crippen molar-refractivity contribution in [2.45, 2.75) is 45.4 Å². The van der Waals surface area contributed by atoms with Crippen molar-refractivity contribution >= 4 is 27.0 Å². The molecule has 0 atom stereocenters. The van der Waals surface area contributed by atoms with E-state index in [0.29, 0.717) is 0 Å². The van der Waals surface area contributed by atoms with E-state index in [2.05, 4.69) is 40.0 Å². The molecule has 2 aromatic rings. The van der Waals surface area contributed by atoms with E-state index >= 15 is 0 Å². The number of nitrogens with zero attached hydrogens (tertiary/aromatic N) is 1. The van der Waals surface area contributed by atoms with Crippen LogP contribution in [0.1, 0.15) is 43.5 Å². The monoisotopic (exact) mass is 306 g/mol. The van der Waals surface area contributed by atoms with Gasteiger partial charge in [0.15, 0.2) is 0 Å². The average Bonchev–Trinajstić information content (AvgIpc) is 2.93. The summed E-state index contributed by atoms with van der Waals surface area (Å²) in [6.45, 7) is 2.12.